The van der Waals surface area contributed by atoms with E-state index in [1.807, 2.05) is 25.1 Å². The Bertz CT molecular complexity index is 584. The van der Waals surface area contributed by atoms with Crippen LogP contribution in [0.25, 0.3) is 6.08 Å². The molecule has 0 saturated carbocycles. The second-order valence-electron chi connectivity index (χ2n) is 4.05. The number of rotatable bonds is 4. The summed E-state index contributed by atoms with van der Waals surface area (Å²) in [7, 11) is 3.26. The third kappa shape index (κ3) is 2.81. The van der Waals surface area contributed by atoms with E-state index < -0.39 is 0 Å². The molecule has 1 amide bonds. The van der Waals surface area contributed by atoms with Gasteiger partial charge in [-0.3, -0.25) is 9.69 Å². The van der Waals surface area contributed by atoms with Gasteiger partial charge in [0.05, 0.1) is 18.6 Å². The molecule has 0 spiro atoms. The molecule has 0 aliphatic carbocycles. The standard InChI is InChI=1S/C14H15NO3S2/c1-4-18-12-9(6-5-7-10(12)17-3)8-11-13(16)15(2)14(19)20-11/h5-8H,4H2,1-3H3/b11-8-. The molecule has 1 aliphatic rings. The smallest absolute Gasteiger partial charge is 0.265 e. The van der Waals surface area contributed by atoms with Crippen molar-refractivity contribution in [3.05, 3.63) is 28.7 Å². The largest absolute Gasteiger partial charge is 0.493 e. The molecule has 6 heteroatoms. The van der Waals surface area contributed by atoms with Crippen LogP contribution in [-0.2, 0) is 4.79 Å². The first-order chi connectivity index (χ1) is 9.58. The molecule has 2 rings (SSSR count). The predicted octanol–water partition coefficient (Wildman–Crippen LogP) is 2.92. The van der Waals surface area contributed by atoms with Gasteiger partial charge in [-0.25, -0.2) is 0 Å². The molecule has 1 aliphatic heterocycles. The number of methoxy groups -OCH3 is 1. The zero-order valence-electron chi connectivity index (χ0n) is 11.5. The fraction of sp³-hybridized carbons (Fsp3) is 0.286. The maximum absolute atomic E-state index is 12.0. The molecular formula is C14H15NO3S2. The van der Waals surface area contributed by atoms with Crippen LogP contribution in [0, 0.1) is 0 Å². The van der Waals surface area contributed by atoms with Crippen molar-refractivity contribution in [3.8, 4) is 11.5 Å². The number of hydrogen-bond acceptors (Lipinski definition) is 5. The molecule has 0 bridgehead atoms. The van der Waals surface area contributed by atoms with Gasteiger partial charge < -0.3 is 9.47 Å². The van der Waals surface area contributed by atoms with Crippen molar-refractivity contribution in [1.29, 1.82) is 0 Å². The Morgan fingerprint density at radius 1 is 1.45 bits per heavy atom. The summed E-state index contributed by atoms with van der Waals surface area (Å²) < 4.78 is 11.5. The van der Waals surface area contributed by atoms with Crippen molar-refractivity contribution in [2.45, 2.75) is 6.92 Å². The fourth-order valence-corrected chi connectivity index (χ4v) is 2.96. The average molecular weight is 309 g/mol. The van der Waals surface area contributed by atoms with Crippen LogP contribution in [0.15, 0.2) is 23.1 Å². The maximum atomic E-state index is 12.0. The number of thioether (sulfide) groups is 1. The minimum atomic E-state index is -0.0923. The lowest BCUT2D eigenvalue weighted by atomic mass is 10.1. The molecule has 0 unspecified atom stereocenters. The van der Waals surface area contributed by atoms with E-state index in [9.17, 15) is 4.79 Å². The summed E-state index contributed by atoms with van der Waals surface area (Å²) in [6, 6.07) is 5.57. The van der Waals surface area contributed by atoms with E-state index in [0.717, 1.165) is 5.56 Å². The Kier molecular flexibility index (Phi) is 4.67. The highest BCUT2D eigenvalue weighted by molar-refractivity contribution is 8.26. The van der Waals surface area contributed by atoms with Gasteiger partial charge >= 0.3 is 0 Å². The molecule has 1 heterocycles. The normalized spacial score (nSPS) is 16.9. The van der Waals surface area contributed by atoms with E-state index in [2.05, 4.69) is 0 Å². The summed E-state index contributed by atoms with van der Waals surface area (Å²) >= 11 is 6.41. The third-order valence-corrected chi connectivity index (χ3v) is 4.28. The quantitative estimate of drug-likeness (QED) is 0.631. The van der Waals surface area contributed by atoms with E-state index in [1.54, 1.807) is 20.2 Å². The molecule has 0 radical (unpaired) electrons. The van der Waals surface area contributed by atoms with Gasteiger partial charge in [-0.15, -0.1) is 0 Å². The van der Waals surface area contributed by atoms with Crippen LogP contribution < -0.4 is 9.47 Å². The first-order valence-corrected chi connectivity index (χ1v) is 7.32. The van der Waals surface area contributed by atoms with E-state index in [4.69, 9.17) is 21.7 Å². The number of carbonyl (C=O) groups is 1. The fourth-order valence-electron chi connectivity index (χ4n) is 1.79. The number of nitrogens with zero attached hydrogens (tertiary/aromatic N) is 1. The minimum Gasteiger partial charge on any atom is -0.493 e. The molecule has 4 nitrogen and oxygen atoms in total. The molecule has 1 saturated heterocycles. The molecule has 106 valence electrons. The first-order valence-electron chi connectivity index (χ1n) is 6.09. The molecule has 1 aromatic carbocycles. The van der Waals surface area contributed by atoms with Gasteiger partial charge in [0.1, 0.15) is 4.32 Å². The Labute approximate surface area is 127 Å². The average Bonchev–Trinajstić information content (AvgIpc) is 2.68. The number of amides is 1. The number of hydrogen-bond donors (Lipinski definition) is 0. The lowest BCUT2D eigenvalue weighted by molar-refractivity contribution is -0.121. The van der Waals surface area contributed by atoms with Gasteiger partial charge in [0.25, 0.3) is 5.91 Å². The number of para-hydroxylation sites is 1. The van der Waals surface area contributed by atoms with E-state index >= 15 is 0 Å². The molecule has 1 aromatic rings. The molecular weight excluding hydrogens is 294 g/mol. The number of ether oxygens (including phenoxy) is 2. The van der Waals surface area contributed by atoms with Crippen molar-refractivity contribution < 1.29 is 14.3 Å². The van der Waals surface area contributed by atoms with Gasteiger partial charge in [0.2, 0.25) is 0 Å². The van der Waals surface area contributed by atoms with Crippen LogP contribution in [0.1, 0.15) is 12.5 Å². The number of benzene rings is 1. The lowest BCUT2D eigenvalue weighted by Gasteiger charge is -2.12. The van der Waals surface area contributed by atoms with Crippen molar-refractivity contribution in [1.82, 2.24) is 4.90 Å². The lowest BCUT2D eigenvalue weighted by Crippen LogP contribution is -2.22. The summed E-state index contributed by atoms with van der Waals surface area (Å²) in [5.41, 5.74) is 0.806. The van der Waals surface area contributed by atoms with E-state index in [1.165, 1.54) is 16.7 Å². The Hall–Kier alpha value is -1.53. The van der Waals surface area contributed by atoms with Crippen LogP contribution in [0.5, 0.6) is 11.5 Å². The van der Waals surface area contributed by atoms with Gasteiger partial charge in [-0.2, -0.15) is 0 Å². The van der Waals surface area contributed by atoms with Crippen LogP contribution >= 0.6 is 24.0 Å². The molecule has 20 heavy (non-hydrogen) atoms. The van der Waals surface area contributed by atoms with Crippen molar-refractivity contribution in [2.75, 3.05) is 20.8 Å². The van der Waals surface area contributed by atoms with Crippen molar-refractivity contribution in [2.24, 2.45) is 0 Å². The second kappa shape index (κ2) is 6.28. The van der Waals surface area contributed by atoms with E-state index in [0.29, 0.717) is 27.3 Å². The van der Waals surface area contributed by atoms with Crippen molar-refractivity contribution in [3.63, 3.8) is 0 Å². The Balaban J connectivity index is 2.43. The van der Waals surface area contributed by atoms with Gasteiger partial charge in [0, 0.05) is 12.6 Å². The highest BCUT2D eigenvalue weighted by Gasteiger charge is 2.29. The number of carbonyl (C=O) groups excluding carboxylic acids is 1. The number of thiocarbonyl (C=S) groups is 1. The summed E-state index contributed by atoms with van der Waals surface area (Å²) in [5, 5.41) is 0. The van der Waals surface area contributed by atoms with E-state index in [-0.39, 0.29) is 5.91 Å². The molecule has 0 atom stereocenters. The Morgan fingerprint density at radius 2 is 2.20 bits per heavy atom. The minimum absolute atomic E-state index is 0.0923. The topological polar surface area (TPSA) is 38.8 Å². The molecule has 0 N–H and O–H groups in total. The van der Waals surface area contributed by atoms with Crippen molar-refractivity contribution >= 4 is 40.3 Å². The summed E-state index contributed by atoms with van der Waals surface area (Å²) in [6.07, 6.45) is 1.79. The molecule has 1 fully saturated rings. The third-order valence-electron chi connectivity index (χ3n) is 2.79. The van der Waals surface area contributed by atoms with Crippen LogP contribution in [-0.4, -0.2) is 35.9 Å². The van der Waals surface area contributed by atoms with Crippen LogP contribution in [0.4, 0.5) is 0 Å². The molecule has 0 aromatic heterocycles. The van der Waals surface area contributed by atoms with Crippen LogP contribution in [0.3, 0.4) is 0 Å². The highest BCUT2D eigenvalue weighted by Crippen LogP contribution is 2.36. The van der Waals surface area contributed by atoms with Gasteiger partial charge in [-0.1, -0.05) is 36.1 Å². The van der Waals surface area contributed by atoms with Gasteiger partial charge in [0.15, 0.2) is 11.5 Å². The first kappa shape index (κ1) is 14.9. The summed E-state index contributed by atoms with van der Waals surface area (Å²) in [6.45, 7) is 2.43. The number of likely N-dealkylation sites (N-methyl/N-ethyl adjacent to an activating group) is 1. The maximum Gasteiger partial charge on any atom is 0.265 e. The SMILES string of the molecule is CCOc1c(/C=C2\SC(=S)N(C)C2=O)cccc1OC. The summed E-state index contributed by atoms with van der Waals surface area (Å²) in [4.78, 5) is 14.1. The second-order valence-corrected chi connectivity index (χ2v) is 5.73. The van der Waals surface area contributed by atoms with Crippen LogP contribution in [0.2, 0.25) is 0 Å². The van der Waals surface area contributed by atoms with Gasteiger partial charge in [-0.05, 0) is 19.1 Å². The monoisotopic (exact) mass is 309 g/mol. The predicted molar refractivity (Wildman–Crippen MR) is 85.1 cm³/mol. The zero-order chi connectivity index (χ0) is 14.7. The zero-order valence-corrected chi connectivity index (χ0v) is 13.1. The Morgan fingerprint density at radius 3 is 2.75 bits per heavy atom. The summed E-state index contributed by atoms with van der Waals surface area (Å²) in [5.74, 6) is 1.19. The highest BCUT2D eigenvalue weighted by atomic mass is 32.2.